The summed E-state index contributed by atoms with van der Waals surface area (Å²) < 4.78 is 13.8. The number of carbonyl (C=O) groups is 2. The number of hydrogen-bond acceptors (Lipinski definition) is 4. The van der Waals surface area contributed by atoms with Crippen LogP contribution in [0.25, 0.3) is 22.0 Å². The molecule has 0 aliphatic rings. The van der Waals surface area contributed by atoms with Gasteiger partial charge in [0.25, 0.3) is 5.56 Å². The molecule has 9 heteroatoms. The van der Waals surface area contributed by atoms with E-state index in [1.54, 1.807) is 0 Å². The molecule has 0 saturated heterocycles. The summed E-state index contributed by atoms with van der Waals surface area (Å²) in [6.07, 6.45) is 1.41. The van der Waals surface area contributed by atoms with Crippen LogP contribution in [-0.2, 0) is 0 Å². The smallest absolute Gasteiger partial charge is 0.342 e. The second-order valence-corrected chi connectivity index (χ2v) is 4.96. The van der Waals surface area contributed by atoms with Crippen molar-refractivity contribution < 1.29 is 24.2 Å². The van der Waals surface area contributed by atoms with Crippen LogP contribution in [0.4, 0.5) is 10.2 Å². The van der Waals surface area contributed by atoms with Crippen LogP contribution in [0.5, 0.6) is 0 Å². The highest BCUT2D eigenvalue weighted by atomic mass is 19.1. The zero-order chi connectivity index (χ0) is 17.6. The number of anilines is 1. The number of H-pyrrole nitrogens is 2. The van der Waals surface area contributed by atoms with Gasteiger partial charge in [0, 0.05) is 22.7 Å². The Kier molecular flexibility index (Phi) is 3.33. The Morgan fingerprint density at radius 2 is 1.75 bits per heavy atom. The molecule has 8 nitrogen and oxygen atoms in total. The van der Waals surface area contributed by atoms with Crippen molar-refractivity contribution in [1.29, 1.82) is 0 Å². The van der Waals surface area contributed by atoms with Gasteiger partial charge >= 0.3 is 11.9 Å². The first-order valence-corrected chi connectivity index (χ1v) is 6.61. The third-order valence-corrected chi connectivity index (χ3v) is 3.61. The Morgan fingerprint density at radius 1 is 1.08 bits per heavy atom. The molecule has 2 aromatic heterocycles. The molecule has 0 aliphatic carbocycles. The molecule has 0 atom stereocenters. The number of fused-ring (bicyclic) bond motifs is 1. The van der Waals surface area contributed by atoms with Crippen molar-refractivity contribution in [2.75, 3.05) is 5.73 Å². The van der Waals surface area contributed by atoms with Crippen LogP contribution in [0.1, 0.15) is 20.7 Å². The van der Waals surface area contributed by atoms with E-state index >= 15 is 0 Å². The van der Waals surface area contributed by atoms with Gasteiger partial charge in [0.05, 0.1) is 5.52 Å². The zero-order valence-electron chi connectivity index (χ0n) is 11.9. The fourth-order valence-electron chi connectivity index (χ4n) is 2.65. The van der Waals surface area contributed by atoms with E-state index in [2.05, 4.69) is 4.98 Å². The average molecular weight is 331 g/mol. The molecule has 0 unspecified atom stereocenters. The fourth-order valence-corrected chi connectivity index (χ4v) is 2.65. The van der Waals surface area contributed by atoms with E-state index in [9.17, 15) is 29.0 Å². The number of hydrogen-bond donors (Lipinski definition) is 5. The summed E-state index contributed by atoms with van der Waals surface area (Å²) in [5.74, 6) is -4.22. The number of pyridine rings is 1. The largest absolute Gasteiger partial charge is 0.478 e. The molecule has 0 aliphatic heterocycles. The molecular formula is C15H10FN3O5. The first-order chi connectivity index (χ1) is 11.3. The maximum Gasteiger partial charge on any atom is 0.342 e. The lowest BCUT2D eigenvalue weighted by Gasteiger charge is -2.13. The van der Waals surface area contributed by atoms with Crippen molar-refractivity contribution in [2.45, 2.75) is 0 Å². The topological polar surface area (TPSA) is 149 Å². The van der Waals surface area contributed by atoms with Gasteiger partial charge in [0.1, 0.15) is 22.8 Å². The number of aromatic amines is 2. The van der Waals surface area contributed by atoms with Crippen molar-refractivity contribution in [1.82, 2.24) is 9.97 Å². The summed E-state index contributed by atoms with van der Waals surface area (Å²) in [6.45, 7) is 0. The van der Waals surface area contributed by atoms with E-state index in [1.807, 2.05) is 4.98 Å². The molecule has 1 aromatic carbocycles. The lowest BCUT2D eigenvalue weighted by molar-refractivity contribution is 0.0695. The molecule has 2 heterocycles. The Balaban J connectivity index is 2.56. The van der Waals surface area contributed by atoms with Crippen molar-refractivity contribution in [3.05, 3.63) is 51.7 Å². The predicted molar refractivity (Wildman–Crippen MR) is 82.6 cm³/mol. The lowest BCUT2D eigenvalue weighted by Crippen LogP contribution is -2.24. The Bertz CT molecular complexity index is 1070. The van der Waals surface area contributed by atoms with Gasteiger partial charge in [0.2, 0.25) is 0 Å². The molecule has 0 bridgehead atoms. The number of carboxylic acid groups (broad SMARTS) is 2. The summed E-state index contributed by atoms with van der Waals surface area (Å²) in [7, 11) is 0. The number of nitrogens with two attached hydrogens (primary N) is 1. The van der Waals surface area contributed by atoms with Crippen LogP contribution in [0.2, 0.25) is 0 Å². The molecule has 0 spiro atoms. The Morgan fingerprint density at radius 3 is 2.38 bits per heavy atom. The first kappa shape index (κ1) is 15.3. The van der Waals surface area contributed by atoms with Gasteiger partial charge in [-0.2, -0.15) is 0 Å². The molecule has 0 radical (unpaired) electrons. The minimum atomic E-state index is -1.63. The maximum atomic E-state index is 13.8. The van der Waals surface area contributed by atoms with Crippen LogP contribution >= 0.6 is 0 Å². The third-order valence-electron chi connectivity index (χ3n) is 3.61. The standard InChI is InChI=1S/C15H10FN3O5/c16-7-2-1-6(11-5(7)3-4-18-11)8-9(14(21)22)12(17)19-13(20)10(8)15(23)24/h1-4,18H,(H,21,22)(H,23,24)(H3,17,19,20). The van der Waals surface area contributed by atoms with E-state index in [0.717, 1.165) is 6.07 Å². The summed E-state index contributed by atoms with van der Waals surface area (Å²) >= 11 is 0. The molecule has 3 aromatic rings. The molecule has 6 N–H and O–H groups in total. The number of aromatic carboxylic acids is 2. The first-order valence-electron chi connectivity index (χ1n) is 6.61. The predicted octanol–water partition coefficient (Wildman–Crippen LogP) is 1.64. The van der Waals surface area contributed by atoms with Crippen molar-refractivity contribution in [3.63, 3.8) is 0 Å². The SMILES string of the molecule is Nc1[nH]c(=O)c(C(=O)O)c(-c2ccc(F)c3cc[nH]c23)c1C(=O)O. The number of aromatic nitrogens is 2. The van der Waals surface area contributed by atoms with Gasteiger partial charge < -0.3 is 25.9 Å². The number of halogens is 1. The van der Waals surface area contributed by atoms with Gasteiger partial charge in [-0.25, -0.2) is 14.0 Å². The van der Waals surface area contributed by atoms with Crippen molar-refractivity contribution in [2.24, 2.45) is 0 Å². The fraction of sp³-hybridized carbons (Fsp3) is 0. The summed E-state index contributed by atoms with van der Waals surface area (Å²) in [5.41, 5.74) is 2.97. The highest BCUT2D eigenvalue weighted by molar-refractivity contribution is 6.11. The molecule has 3 rings (SSSR count). The zero-order valence-corrected chi connectivity index (χ0v) is 11.9. The minimum absolute atomic E-state index is 0.0454. The van der Waals surface area contributed by atoms with Crippen LogP contribution < -0.4 is 11.3 Å². The minimum Gasteiger partial charge on any atom is -0.478 e. The van der Waals surface area contributed by atoms with E-state index < -0.39 is 40.3 Å². The lowest BCUT2D eigenvalue weighted by atomic mass is 9.94. The Hall–Kier alpha value is -3.62. The monoisotopic (exact) mass is 331 g/mol. The highest BCUT2D eigenvalue weighted by Crippen LogP contribution is 2.34. The number of carboxylic acids is 2. The average Bonchev–Trinajstić information content (AvgIpc) is 2.96. The third kappa shape index (κ3) is 2.10. The van der Waals surface area contributed by atoms with Crippen LogP contribution in [0.15, 0.2) is 29.2 Å². The summed E-state index contributed by atoms with van der Waals surface area (Å²) in [4.78, 5) is 39.8. The second-order valence-electron chi connectivity index (χ2n) is 4.96. The molecule has 122 valence electrons. The molecule has 0 amide bonds. The van der Waals surface area contributed by atoms with E-state index in [1.165, 1.54) is 18.3 Å². The summed E-state index contributed by atoms with van der Waals surface area (Å²) in [6, 6.07) is 3.66. The number of nitrogen functional groups attached to an aromatic ring is 1. The van der Waals surface area contributed by atoms with Gasteiger partial charge in [-0.05, 0) is 18.2 Å². The van der Waals surface area contributed by atoms with E-state index in [4.69, 9.17) is 5.73 Å². The van der Waals surface area contributed by atoms with E-state index in [-0.39, 0.29) is 22.0 Å². The van der Waals surface area contributed by atoms with Crippen LogP contribution in [0, 0.1) is 5.82 Å². The maximum absolute atomic E-state index is 13.8. The molecule has 0 fully saturated rings. The van der Waals surface area contributed by atoms with Gasteiger partial charge in [-0.1, -0.05) is 0 Å². The molecule has 24 heavy (non-hydrogen) atoms. The van der Waals surface area contributed by atoms with Crippen molar-refractivity contribution >= 4 is 28.7 Å². The number of rotatable bonds is 3. The number of nitrogens with one attached hydrogen (secondary N) is 2. The van der Waals surface area contributed by atoms with Gasteiger partial charge in [-0.15, -0.1) is 0 Å². The van der Waals surface area contributed by atoms with Gasteiger partial charge in [-0.3, -0.25) is 4.79 Å². The normalized spacial score (nSPS) is 10.9. The highest BCUT2D eigenvalue weighted by Gasteiger charge is 2.28. The summed E-state index contributed by atoms with van der Waals surface area (Å²) in [5, 5.41) is 18.9. The molecular weight excluding hydrogens is 321 g/mol. The van der Waals surface area contributed by atoms with Crippen molar-refractivity contribution in [3.8, 4) is 11.1 Å². The van der Waals surface area contributed by atoms with E-state index in [0.29, 0.717) is 0 Å². The quantitative estimate of drug-likeness (QED) is 0.492. The number of benzene rings is 1. The Labute approximate surface area is 132 Å². The van der Waals surface area contributed by atoms with Gasteiger partial charge in [0.15, 0.2) is 0 Å². The molecule has 0 saturated carbocycles. The van der Waals surface area contributed by atoms with Crippen LogP contribution in [0.3, 0.4) is 0 Å². The second kappa shape index (κ2) is 5.23. The van der Waals surface area contributed by atoms with Crippen LogP contribution in [-0.4, -0.2) is 32.1 Å².